The van der Waals surface area contributed by atoms with Gasteiger partial charge in [-0.1, -0.05) is 0 Å². The van der Waals surface area contributed by atoms with Gasteiger partial charge >= 0.3 is 0 Å². The monoisotopic (exact) mass is 280 g/mol. The summed E-state index contributed by atoms with van der Waals surface area (Å²) in [6.07, 6.45) is -1.43. The summed E-state index contributed by atoms with van der Waals surface area (Å²) in [4.78, 5) is 21.9. The predicted octanol–water partition coefficient (Wildman–Crippen LogP) is 0.378. The Bertz CT molecular complexity index is 286. The van der Waals surface area contributed by atoms with Gasteiger partial charge in [-0.15, -0.1) is 0 Å². The Morgan fingerprint density at radius 2 is 2.07 bits per heavy atom. The van der Waals surface area contributed by atoms with E-state index in [1.54, 1.807) is 13.8 Å². The van der Waals surface area contributed by atoms with Gasteiger partial charge in [-0.25, -0.2) is 0 Å². The number of ether oxygens (including phenoxy) is 2. The molecule has 0 spiro atoms. The molecule has 1 fully saturated rings. The molecule has 1 aliphatic rings. The van der Waals surface area contributed by atoms with Crippen LogP contribution in [0.15, 0.2) is 0 Å². The molecule has 1 rings (SSSR count). The second-order valence-corrected chi connectivity index (χ2v) is 4.80. The molecule has 5 nitrogen and oxygen atoms in total. The number of hydrogen-bond donors (Lipinski definition) is 1. The van der Waals surface area contributed by atoms with Gasteiger partial charge in [0.15, 0.2) is 17.7 Å². The Hall–Kier alpha value is -0.300. The van der Waals surface area contributed by atoms with E-state index in [9.17, 15) is 14.7 Å². The second kappa shape index (κ2) is 3.93. The number of carbonyl (C=O) groups excluding carboxylic acids is 2. The fourth-order valence-electron chi connectivity index (χ4n) is 1.44. The first-order valence-corrected chi connectivity index (χ1v) is 5.23. The minimum absolute atomic E-state index is 0.518. The molecule has 0 aromatic carbocycles. The lowest BCUT2D eigenvalue weighted by Gasteiger charge is -2.27. The van der Waals surface area contributed by atoms with E-state index in [0.29, 0.717) is 6.29 Å². The van der Waals surface area contributed by atoms with Crippen molar-refractivity contribution in [1.29, 1.82) is 0 Å². The molecule has 0 aromatic rings. The van der Waals surface area contributed by atoms with Crippen molar-refractivity contribution < 1.29 is 24.2 Å². The molecule has 0 aliphatic carbocycles. The molecule has 0 radical (unpaired) electrons. The summed E-state index contributed by atoms with van der Waals surface area (Å²) in [5, 5.41) is 9.86. The van der Waals surface area contributed by atoms with Crippen molar-refractivity contribution in [2.75, 3.05) is 0 Å². The largest absolute Gasteiger partial charge is 0.379 e. The van der Waals surface area contributed by atoms with E-state index >= 15 is 0 Å². The molecule has 86 valence electrons. The third-order valence-electron chi connectivity index (χ3n) is 2.22. The van der Waals surface area contributed by atoms with Gasteiger partial charge in [0.25, 0.3) is 0 Å². The minimum atomic E-state index is -1.79. The summed E-state index contributed by atoms with van der Waals surface area (Å²) >= 11 is 2.66. The summed E-state index contributed by atoms with van der Waals surface area (Å²) in [6.45, 7) is 4.49. The topological polar surface area (TPSA) is 72.8 Å². The van der Waals surface area contributed by atoms with Crippen molar-refractivity contribution in [3.63, 3.8) is 0 Å². The van der Waals surface area contributed by atoms with Gasteiger partial charge in [0.1, 0.15) is 12.2 Å². The Labute approximate surface area is 95.9 Å². The first-order chi connectivity index (χ1) is 6.70. The molecule has 1 saturated heterocycles. The highest BCUT2D eigenvalue weighted by Gasteiger charge is 2.52. The van der Waals surface area contributed by atoms with Gasteiger partial charge in [0, 0.05) is 0 Å². The van der Waals surface area contributed by atoms with Crippen LogP contribution in [0.25, 0.3) is 0 Å². The fourth-order valence-corrected chi connectivity index (χ4v) is 1.66. The molecule has 1 heterocycles. The molecule has 0 unspecified atom stereocenters. The van der Waals surface area contributed by atoms with Crippen molar-refractivity contribution in [3.8, 4) is 0 Å². The lowest BCUT2D eigenvalue weighted by molar-refractivity contribution is -0.170. The predicted molar refractivity (Wildman–Crippen MR) is 54.4 cm³/mol. The number of carbonyl (C=O) groups is 2. The van der Waals surface area contributed by atoms with Gasteiger partial charge in [0.2, 0.25) is 4.69 Å². The molecular formula is C9H13BrO5. The summed E-state index contributed by atoms with van der Waals surface area (Å²) in [7, 11) is 0. The van der Waals surface area contributed by atoms with Crippen molar-refractivity contribution in [3.05, 3.63) is 0 Å². The molecule has 0 bridgehead atoms. The highest BCUT2D eigenvalue weighted by molar-refractivity contribution is 9.18. The highest BCUT2D eigenvalue weighted by atomic mass is 79.9. The van der Waals surface area contributed by atoms with Gasteiger partial charge < -0.3 is 19.4 Å². The second-order valence-electron chi connectivity index (χ2n) is 4.08. The Morgan fingerprint density at radius 3 is 2.47 bits per heavy atom. The number of aliphatic hydroxyl groups is 1. The van der Waals surface area contributed by atoms with Crippen LogP contribution in [-0.2, 0) is 19.1 Å². The van der Waals surface area contributed by atoms with Crippen LogP contribution in [0.4, 0.5) is 0 Å². The van der Waals surface area contributed by atoms with E-state index in [0.717, 1.165) is 0 Å². The normalized spacial score (nSPS) is 33.4. The molecule has 6 heteroatoms. The van der Waals surface area contributed by atoms with Gasteiger partial charge in [0.05, 0.1) is 0 Å². The first kappa shape index (κ1) is 12.8. The molecule has 3 atom stereocenters. The van der Waals surface area contributed by atoms with E-state index in [1.807, 2.05) is 0 Å². The molecule has 1 N–H and O–H groups in total. The number of rotatable bonds is 3. The van der Waals surface area contributed by atoms with E-state index in [2.05, 4.69) is 15.9 Å². The summed E-state index contributed by atoms with van der Waals surface area (Å²) in [5.74, 6) is -0.983. The zero-order valence-electron chi connectivity index (χ0n) is 8.69. The van der Waals surface area contributed by atoms with Crippen LogP contribution in [-0.4, -0.2) is 39.7 Å². The van der Waals surface area contributed by atoms with E-state index in [4.69, 9.17) is 9.47 Å². The standard InChI is InChI=1S/C9H13BrO5/c1-8(2)14-5(4-11)6(15-8)9(3,13)7(10)12/h4-6,13H,1-3H3/t5-,6-,9-/m0/s1. The summed E-state index contributed by atoms with van der Waals surface area (Å²) in [6, 6.07) is 0. The van der Waals surface area contributed by atoms with E-state index in [1.165, 1.54) is 6.92 Å². The van der Waals surface area contributed by atoms with Gasteiger partial charge in [-0.3, -0.25) is 4.79 Å². The quantitative estimate of drug-likeness (QED) is 0.598. The number of aldehydes is 1. The third-order valence-corrected chi connectivity index (χ3v) is 3.02. The third kappa shape index (κ3) is 2.44. The van der Waals surface area contributed by atoms with Crippen LogP contribution in [0.3, 0.4) is 0 Å². The Kier molecular flexibility index (Phi) is 3.35. The van der Waals surface area contributed by atoms with Gasteiger partial charge in [-0.2, -0.15) is 0 Å². The maximum Gasteiger partial charge on any atom is 0.231 e. The van der Waals surface area contributed by atoms with Crippen LogP contribution < -0.4 is 0 Å². The van der Waals surface area contributed by atoms with Gasteiger partial charge in [-0.05, 0) is 36.7 Å². The molecule has 0 amide bonds. The first-order valence-electron chi connectivity index (χ1n) is 4.44. The molecule has 1 aliphatic heterocycles. The Balaban J connectivity index is 2.95. The van der Waals surface area contributed by atoms with E-state index in [-0.39, 0.29) is 0 Å². The minimum Gasteiger partial charge on any atom is -0.379 e. The zero-order chi connectivity index (χ0) is 11.9. The van der Waals surface area contributed by atoms with Crippen LogP contribution in [0, 0.1) is 0 Å². The SMILES string of the molecule is CC1(C)O[C@@H](C=O)[C@@H]([C@](C)(O)C(=O)Br)O1. The molecule has 0 aromatic heterocycles. The van der Waals surface area contributed by atoms with Crippen LogP contribution in [0.2, 0.25) is 0 Å². The molecular weight excluding hydrogens is 268 g/mol. The van der Waals surface area contributed by atoms with Crippen molar-refractivity contribution in [2.24, 2.45) is 0 Å². The molecule has 0 saturated carbocycles. The van der Waals surface area contributed by atoms with Crippen LogP contribution in [0.5, 0.6) is 0 Å². The smallest absolute Gasteiger partial charge is 0.231 e. The summed E-state index contributed by atoms with van der Waals surface area (Å²) < 4.78 is 9.90. The maximum absolute atomic E-state index is 11.1. The lowest BCUT2D eigenvalue weighted by Crippen LogP contribution is -2.50. The number of halogens is 1. The zero-order valence-corrected chi connectivity index (χ0v) is 10.3. The van der Waals surface area contributed by atoms with Crippen LogP contribution >= 0.6 is 15.9 Å². The molecule has 15 heavy (non-hydrogen) atoms. The lowest BCUT2D eigenvalue weighted by atomic mass is 9.97. The number of hydrogen-bond acceptors (Lipinski definition) is 5. The Morgan fingerprint density at radius 1 is 1.53 bits per heavy atom. The average molecular weight is 281 g/mol. The van der Waals surface area contributed by atoms with E-state index < -0.39 is 28.3 Å². The summed E-state index contributed by atoms with van der Waals surface area (Å²) in [5.41, 5.74) is -1.79. The van der Waals surface area contributed by atoms with Crippen molar-refractivity contribution >= 4 is 26.9 Å². The van der Waals surface area contributed by atoms with Crippen LogP contribution in [0.1, 0.15) is 20.8 Å². The fraction of sp³-hybridized carbons (Fsp3) is 0.778. The maximum atomic E-state index is 11.1. The highest BCUT2D eigenvalue weighted by Crippen LogP contribution is 2.34. The van der Waals surface area contributed by atoms with Crippen molar-refractivity contribution in [2.45, 2.75) is 44.4 Å². The van der Waals surface area contributed by atoms with Crippen molar-refractivity contribution in [1.82, 2.24) is 0 Å². The average Bonchev–Trinajstić information content (AvgIpc) is 2.41.